The second-order valence-electron chi connectivity index (χ2n) is 6.57. The van der Waals surface area contributed by atoms with Gasteiger partial charge in [-0.05, 0) is 37.5 Å². The van der Waals surface area contributed by atoms with Crippen LogP contribution in [0.1, 0.15) is 34.7 Å². The van der Waals surface area contributed by atoms with Crippen molar-refractivity contribution in [3.8, 4) is 0 Å². The fraction of sp³-hybridized carbons (Fsp3) is 0.160. The van der Waals surface area contributed by atoms with Crippen molar-refractivity contribution in [3.63, 3.8) is 0 Å². The van der Waals surface area contributed by atoms with Crippen molar-refractivity contribution < 1.29 is 9.53 Å². The lowest BCUT2D eigenvalue weighted by Gasteiger charge is -2.16. The van der Waals surface area contributed by atoms with E-state index < -0.39 is 0 Å². The van der Waals surface area contributed by atoms with Crippen LogP contribution in [0.2, 0.25) is 0 Å². The molecule has 0 bridgehead atoms. The fourth-order valence-electron chi connectivity index (χ4n) is 3.07. The Kier molecular flexibility index (Phi) is 5.87. The Bertz CT molecular complexity index is 934. The van der Waals surface area contributed by atoms with E-state index in [4.69, 9.17) is 4.74 Å². The van der Waals surface area contributed by atoms with Crippen LogP contribution in [0, 0.1) is 13.8 Å². The Morgan fingerprint density at radius 1 is 0.704 bits per heavy atom. The summed E-state index contributed by atoms with van der Waals surface area (Å²) < 4.78 is 5.44. The lowest BCUT2D eigenvalue weighted by atomic mass is 9.89. The van der Waals surface area contributed by atoms with Crippen LogP contribution in [0.15, 0.2) is 78.9 Å². The molecule has 136 valence electrons. The van der Waals surface area contributed by atoms with Gasteiger partial charge in [-0.15, -0.1) is 0 Å². The molecule has 0 fully saturated rings. The molecular formula is C25H24O2. The summed E-state index contributed by atoms with van der Waals surface area (Å²) >= 11 is 0. The van der Waals surface area contributed by atoms with Gasteiger partial charge in [0, 0.05) is 5.57 Å². The Labute approximate surface area is 161 Å². The van der Waals surface area contributed by atoms with Gasteiger partial charge in [-0.1, -0.05) is 90.0 Å². The van der Waals surface area contributed by atoms with E-state index in [1.54, 1.807) is 0 Å². The van der Waals surface area contributed by atoms with Crippen molar-refractivity contribution in [2.45, 2.75) is 20.8 Å². The monoisotopic (exact) mass is 356 g/mol. The largest absolute Gasteiger partial charge is 0.462 e. The van der Waals surface area contributed by atoms with Crippen LogP contribution in [0.4, 0.5) is 0 Å². The molecule has 0 heterocycles. The van der Waals surface area contributed by atoms with Gasteiger partial charge in [-0.2, -0.15) is 0 Å². The number of aryl methyl sites for hydroxylation is 2. The van der Waals surface area contributed by atoms with Gasteiger partial charge in [-0.25, -0.2) is 4.79 Å². The molecule has 0 aliphatic carbocycles. The highest BCUT2D eigenvalue weighted by molar-refractivity contribution is 6.26. The first-order chi connectivity index (χ1) is 13.1. The summed E-state index contributed by atoms with van der Waals surface area (Å²) in [5.41, 5.74) is 6.65. The van der Waals surface area contributed by atoms with Gasteiger partial charge in [0.05, 0.1) is 12.2 Å². The zero-order chi connectivity index (χ0) is 19.2. The average molecular weight is 356 g/mol. The highest BCUT2D eigenvalue weighted by Crippen LogP contribution is 2.33. The average Bonchev–Trinajstić information content (AvgIpc) is 2.69. The van der Waals surface area contributed by atoms with Gasteiger partial charge in [-0.3, -0.25) is 0 Å². The summed E-state index contributed by atoms with van der Waals surface area (Å²) in [6.07, 6.45) is 0. The Hall–Kier alpha value is -3.13. The lowest BCUT2D eigenvalue weighted by Crippen LogP contribution is -2.10. The van der Waals surface area contributed by atoms with Crippen LogP contribution in [-0.2, 0) is 9.53 Å². The van der Waals surface area contributed by atoms with Crippen molar-refractivity contribution in [2.24, 2.45) is 0 Å². The van der Waals surface area contributed by atoms with E-state index >= 15 is 0 Å². The highest BCUT2D eigenvalue weighted by atomic mass is 16.5. The van der Waals surface area contributed by atoms with Gasteiger partial charge in [0.1, 0.15) is 0 Å². The Morgan fingerprint density at radius 3 is 1.70 bits per heavy atom. The molecule has 0 saturated heterocycles. The topological polar surface area (TPSA) is 26.3 Å². The molecule has 0 aliphatic heterocycles. The molecule has 0 radical (unpaired) electrons. The summed E-state index contributed by atoms with van der Waals surface area (Å²) in [6.45, 7) is 6.26. The molecule has 0 amide bonds. The summed E-state index contributed by atoms with van der Waals surface area (Å²) in [7, 11) is 0. The van der Waals surface area contributed by atoms with Gasteiger partial charge >= 0.3 is 5.97 Å². The van der Waals surface area contributed by atoms with Crippen molar-refractivity contribution in [1.29, 1.82) is 0 Å². The number of ether oxygens (including phenoxy) is 1. The SMILES string of the molecule is CCOC(=O)/C(=C(\c1ccccc1)c1ccc(C)cc1)c1ccc(C)cc1. The Morgan fingerprint density at radius 2 is 1.19 bits per heavy atom. The smallest absolute Gasteiger partial charge is 0.339 e. The quantitative estimate of drug-likeness (QED) is 0.327. The molecule has 0 atom stereocenters. The lowest BCUT2D eigenvalue weighted by molar-refractivity contribution is -0.136. The molecule has 3 aromatic rings. The van der Waals surface area contributed by atoms with E-state index in [-0.39, 0.29) is 5.97 Å². The summed E-state index contributed by atoms with van der Waals surface area (Å²) in [6, 6.07) is 26.3. The highest BCUT2D eigenvalue weighted by Gasteiger charge is 2.21. The fourth-order valence-corrected chi connectivity index (χ4v) is 3.07. The number of carbonyl (C=O) groups is 1. The van der Waals surface area contributed by atoms with Gasteiger partial charge in [0.2, 0.25) is 0 Å². The van der Waals surface area contributed by atoms with Crippen LogP contribution in [0.3, 0.4) is 0 Å². The molecule has 3 aromatic carbocycles. The number of hydrogen-bond donors (Lipinski definition) is 0. The Balaban J connectivity index is 2.32. The molecule has 0 unspecified atom stereocenters. The summed E-state index contributed by atoms with van der Waals surface area (Å²) in [5.74, 6) is -0.305. The van der Waals surface area contributed by atoms with Gasteiger partial charge in [0.15, 0.2) is 0 Å². The minimum atomic E-state index is -0.305. The molecule has 0 spiro atoms. The van der Waals surface area contributed by atoms with Crippen LogP contribution in [0.25, 0.3) is 11.1 Å². The van der Waals surface area contributed by atoms with Crippen LogP contribution in [-0.4, -0.2) is 12.6 Å². The van der Waals surface area contributed by atoms with Crippen molar-refractivity contribution in [2.75, 3.05) is 6.61 Å². The molecule has 0 aliphatic rings. The van der Waals surface area contributed by atoms with E-state index in [9.17, 15) is 4.79 Å². The number of hydrogen-bond acceptors (Lipinski definition) is 2. The maximum atomic E-state index is 13.0. The second kappa shape index (κ2) is 8.50. The van der Waals surface area contributed by atoms with E-state index in [0.29, 0.717) is 12.2 Å². The minimum absolute atomic E-state index is 0.305. The zero-order valence-corrected chi connectivity index (χ0v) is 16.0. The van der Waals surface area contributed by atoms with Crippen LogP contribution >= 0.6 is 0 Å². The molecule has 0 N–H and O–H groups in total. The number of carbonyl (C=O) groups excluding carboxylic acids is 1. The third-order valence-corrected chi connectivity index (χ3v) is 4.47. The standard InChI is InChI=1S/C25H24O2/c1-4-27-25(26)24(22-16-12-19(3)13-17-22)23(20-8-6-5-7-9-20)21-14-10-18(2)11-15-21/h5-17H,4H2,1-3H3/b24-23+. The first kappa shape index (κ1) is 18.7. The van der Waals surface area contributed by atoms with E-state index in [2.05, 4.69) is 31.2 Å². The van der Waals surface area contributed by atoms with Crippen molar-refractivity contribution in [3.05, 3.63) is 107 Å². The van der Waals surface area contributed by atoms with E-state index in [0.717, 1.165) is 27.8 Å². The molecule has 3 rings (SSSR count). The number of rotatable bonds is 5. The number of esters is 1. The molecule has 0 aromatic heterocycles. The van der Waals surface area contributed by atoms with E-state index in [1.165, 1.54) is 5.56 Å². The predicted octanol–water partition coefficient (Wildman–Crippen LogP) is 5.83. The number of benzene rings is 3. The second-order valence-corrected chi connectivity index (χ2v) is 6.57. The van der Waals surface area contributed by atoms with E-state index in [1.807, 2.05) is 68.4 Å². The molecule has 2 heteroatoms. The van der Waals surface area contributed by atoms with Crippen LogP contribution < -0.4 is 0 Å². The first-order valence-corrected chi connectivity index (χ1v) is 9.21. The molecule has 0 saturated carbocycles. The maximum absolute atomic E-state index is 13.0. The zero-order valence-electron chi connectivity index (χ0n) is 16.0. The van der Waals surface area contributed by atoms with Crippen LogP contribution in [0.5, 0.6) is 0 Å². The van der Waals surface area contributed by atoms with Gasteiger partial charge in [0.25, 0.3) is 0 Å². The molecule has 2 nitrogen and oxygen atoms in total. The third-order valence-electron chi connectivity index (χ3n) is 4.47. The minimum Gasteiger partial charge on any atom is -0.462 e. The third kappa shape index (κ3) is 4.35. The maximum Gasteiger partial charge on any atom is 0.339 e. The van der Waals surface area contributed by atoms with Crippen molar-refractivity contribution >= 4 is 17.1 Å². The predicted molar refractivity (Wildman–Crippen MR) is 111 cm³/mol. The normalized spacial score (nSPS) is 11.7. The summed E-state index contributed by atoms with van der Waals surface area (Å²) in [5, 5.41) is 0. The van der Waals surface area contributed by atoms with Crippen molar-refractivity contribution in [1.82, 2.24) is 0 Å². The first-order valence-electron chi connectivity index (χ1n) is 9.21. The molecular weight excluding hydrogens is 332 g/mol. The summed E-state index contributed by atoms with van der Waals surface area (Å²) in [4.78, 5) is 13.0. The molecule has 27 heavy (non-hydrogen) atoms. The van der Waals surface area contributed by atoms with Gasteiger partial charge < -0.3 is 4.74 Å².